The number of rotatable bonds is 3. The van der Waals surface area contributed by atoms with Gasteiger partial charge in [-0.2, -0.15) is 0 Å². The molecule has 0 bridgehead atoms. The molecule has 3 N–H and O–H groups in total. The summed E-state index contributed by atoms with van der Waals surface area (Å²) >= 11 is 0. The number of benzene rings is 2. The van der Waals surface area contributed by atoms with Crippen LogP contribution >= 0.6 is 0 Å². The fourth-order valence-electron chi connectivity index (χ4n) is 2.85. The van der Waals surface area contributed by atoms with Crippen LogP contribution in [0.3, 0.4) is 0 Å². The number of likely N-dealkylation sites (tertiary alicyclic amines) is 1. The Balaban J connectivity index is 1.83. The summed E-state index contributed by atoms with van der Waals surface area (Å²) in [5.41, 5.74) is 3.22. The van der Waals surface area contributed by atoms with Crippen molar-refractivity contribution in [2.75, 3.05) is 6.54 Å². The molecular weight excluding hydrogens is 266 g/mol. The Kier molecular flexibility index (Phi) is 3.58. The van der Waals surface area contributed by atoms with Gasteiger partial charge in [0.15, 0.2) is 0 Å². The molecule has 0 spiro atoms. The molecule has 2 aromatic carbocycles. The van der Waals surface area contributed by atoms with E-state index in [9.17, 15) is 9.59 Å². The molecule has 0 saturated carbocycles. The van der Waals surface area contributed by atoms with Gasteiger partial charge in [0.05, 0.1) is 5.92 Å². The summed E-state index contributed by atoms with van der Waals surface area (Å²) in [5.74, 6) is 4.51. The normalized spacial score (nSPS) is 18.2. The van der Waals surface area contributed by atoms with Crippen LogP contribution in [0, 0.1) is 5.92 Å². The average molecular weight is 283 g/mol. The minimum Gasteiger partial charge on any atom is -0.338 e. The molecule has 108 valence electrons. The van der Waals surface area contributed by atoms with Crippen molar-refractivity contribution in [3.05, 3.63) is 48.0 Å². The predicted molar refractivity (Wildman–Crippen MR) is 79.8 cm³/mol. The van der Waals surface area contributed by atoms with E-state index in [0.717, 1.165) is 16.3 Å². The van der Waals surface area contributed by atoms with E-state index in [-0.39, 0.29) is 24.2 Å². The van der Waals surface area contributed by atoms with Crippen LogP contribution in [-0.4, -0.2) is 23.3 Å². The smallest absolute Gasteiger partial charge is 0.239 e. The molecule has 1 aliphatic heterocycles. The minimum atomic E-state index is -0.350. The average Bonchev–Trinajstić information content (AvgIpc) is 2.88. The van der Waals surface area contributed by atoms with E-state index in [0.29, 0.717) is 13.1 Å². The maximum absolute atomic E-state index is 12.1. The lowest BCUT2D eigenvalue weighted by Gasteiger charge is -2.17. The standard InChI is InChI=1S/C16H17N3O2/c17-18-16(21)13-8-15(20)19(10-13)9-12-6-3-5-11-4-1-2-7-14(11)12/h1-7,13H,8-10,17H2,(H,18,21). The number of nitrogens with zero attached hydrogens (tertiary/aromatic N) is 1. The zero-order valence-corrected chi connectivity index (χ0v) is 11.6. The second-order valence-corrected chi connectivity index (χ2v) is 5.32. The van der Waals surface area contributed by atoms with Crippen LogP contribution in [-0.2, 0) is 16.1 Å². The van der Waals surface area contributed by atoms with Gasteiger partial charge in [0.1, 0.15) is 0 Å². The van der Waals surface area contributed by atoms with Gasteiger partial charge in [-0.05, 0) is 16.3 Å². The second kappa shape index (κ2) is 5.54. The molecule has 0 aliphatic carbocycles. The van der Waals surface area contributed by atoms with Crippen molar-refractivity contribution in [1.29, 1.82) is 0 Å². The molecule has 0 radical (unpaired) electrons. The quantitative estimate of drug-likeness (QED) is 0.504. The third-order valence-electron chi connectivity index (χ3n) is 3.97. The zero-order chi connectivity index (χ0) is 14.8. The number of nitrogens with two attached hydrogens (primary N) is 1. The summed E-state index contributed by atoms with van der Waals surface area (Å²) < 4.78 is 0. The van der Waals surface area contributed by atoms with Crippen LogP contribution < -0.4 is 11.3 Å². The van der Waals surface area contributed by atoms with Crippen LogP contribution in [0.5, 0.6) is 0 Å². The molecule has 1 aliphatic rings. The predicted octanol–water partition coefficient (Wildman–Crippen LogP) is 1.18. The first-order chi connectivity index (χ1) is 10.2. The lowest BCUT2D eigenvalue weighted by atomic mass is 10.0. The highest BCUT2D eigenvalue weighted by molar-refractivity contribution is 5.90. The number of nitrogens with one attached hydrogen (secondary N) is 1. The maximum Gasteiger partial charge on any atom is 0.239 e. The summed E-state index contributed by atoms with van der Waals surface area (Å²) in [6, 6.07) is 14.1. The second-order valence-electron chi connectivity index (χ2n) is 5.32. The summed E-state index contributed by atoms with van der Waals surface area (Å²) in [5, 5.41) is 2.29. The minimum absolute atomic E-state index is 0.00321. The van der Waals surface area contributed by atoms with Gasteiger partial charge >= 0.3 is 0 Å². The molecule has 5 heteroatoms. The Bertz CT molecular complexity index is 693. The molecule has 2 aromatic rings. The van der Waals surface area contributed by atoms with E-state index < -0.39 is 0 Å². The molecule has 2 amide bonds. The van der Waals surface area contributed by atoms with Crippen molar-refractivity contribution in [3.8, 4) is 0 Å². The first-order valence-electron chi connectivity index (χ1n) is 6.94. The first-order valence-corrected chi connectivity index (χ1v) is 6.94. The lowest BCUT2D eigenvalue weighted by molar-refractivity contribution is -0.129. The topological polar surface area (TPSA) is 75.4 Å². The molecule has 5 nitrogen and oxygen atoms in total. The maximum atomic E-state index is 12.1. The van der Waals surface area contributed by atoms with E-state index in [1.807, 2.05) is 24.3 Å². The molecule has 1 fully saturated rings. The largest absolute Gasteiger partial charge is 0.338 e. The monoisotopic (exact) mass is 283 g/mol. The lowest BCUT2D eigenvalue weighted by Crippen LogP contribution is -2.37. The molecule has 1 atom stereocenters. The third kappa shape index (κ3) is 2.60. The van der Waals surface area contributed by atoms with Gasteiger partial charge < -0.3 is 4.90 Å². The third-order valence-corrected chi connectivity index (χ3v) is 3.97. The van der Waals surface area contributed by atoms with E-state index in [4.69, 9.17) is 5.84 Å². The van der Waals surface area contributed by atoms with Crippen molar-refractivity contribution in [1.82, 2.24) is 10.3 Å². The van der Waals surface area contributed by atoms with E-state index in [1.54, 1.807) is 4.90 Å². The molecule has 1 saturated heterocycles. The highest BCUT2D eigenvalue weighted by Crippen LogP contribution is 2.24. The van der Waals surface area contributed by atoms with Crippen LogP contribution in [0.1, 0.15) is 12.0 Å². The Morgan fingerprint density at radius 2 is 2.00 bits per heavy atom. The van der Waals surface area contributed by atoms with Crippen molar-refractivity contribution < 1.29 is 9.59 Å². The molecule has 0 aromatic heterocycles. The van der Waals surface area contributed by atoms with E-state index in [2.05, 4.69) is 23.6 Å². The number of hydrogen-bond acceptors (Lipinski definition) is 3. The summed E-state index contributed by atoms with van der Waals surface area (Å²) in [7, 11) is 0. The van der Waals surface area contributed by atoms with Gasteiger partial charge in [0.25, 0.3) is 0 Å². The Morgan fingerprint density at radius 3 is 2.81 bits per heavy atom. The summed E-state index contributed by atoms with van der Waals surface area (Å²) in [6.45, 7) is 0.944. The van der Waals surface area contributed by atoms with Crippen LogP contribution in [0.4, 0.5) is 0 Å². The summed E-state index contributed by atoms with van der Waals surface area (Å²) in [4.78, 5) is 25.3. The number of carbonyl (C=O) groups excluding carboxylic acids is 2. The molecule has 3 rings (SSSR count). The highest BCUT2D eigenvalue weighted by atomic mass is 16.2. The van der Waals surface area contributed by atoms with E-state index in [1.165, 1.54) is 0 Å². The number of amides is 2. The Hall–Kier alpha value is -2.40. The van der Waals surface area contributed by atoms with Gasteiger partial charge in [-0.3, -0.25) is 15.0 Å². The van der Waals surface area contributed by atoms with Gasteiger partial charge in [0.2, 0.25) is 11.8 Å². The first kappa shape index (κ1) is 13.6. The highest BCUT2D eigenvalue weighted by Gasteiger charge is 2.33. The fourth-order valence-corrected chi connectivity index (χ4v) is 2.85. The molecular formula is C16H17N3O2. The van der Waals surface area contributed by atoms with Crippen molar-refractivity contribution >= 4 is 22.6 Å². The van der Waals surface area contributed by atoms with Gasteiger partial charge in [-0.15, -0.1) is 0 Å². The molecule has 1 heterocycles. The number of fused-ring (bicyclic) bond motifs is 1. The Labute approximate surface area is 122 Å². The van der Waals surface area contributed by atoms with Gasteiger partial charge in [-0.1, -0.05) is 42.5 Å². The van der Waals surface area contributed by atoms with Gasteiger partial charge in [0, 0.05) is 19.5 Å². The molecule has 1 unspecified atom stereocenters. The summed E-state index contributed by atoms with van der Waals surface area (Å²) in [6.07, 6.45) is 0.230. The van der Waals surface area contributed by atoms with Crippen molar-refractivity contribution in [2.45, 2.75) is 13.0 Å². The Morgan fingerprint density at radius 1 is 1.24 bits per heavy atom. The molecule has 21 heavy (non-hydrogen) atoms. The van der Waals surface area contributed by atoms with E-state index >= 15 is 0 Å². The van der Waals surface area contributed by atoms with Crippen LogP contribution in [0.2, 0.25) is 0 Å². The number of carbonyl (C=O) groups is 2. The van der Waals surface area contributed by atoms with Crippen molar-refractivity contribution in [3.63, 3.8) is 0 Å². The van der Waals surface area contributed by atoms with Crippen LogP contribution in [0.25, 0.3) is 10.8 Å². The fraction of sp³-hybridized carbons (Fsp3) is 0.250. The SMILES string of the molecule is NNC(=O)C1CC(=O)N(Cc2cccc3ccccc23)C1. The zero-order valence-electron chi connectivity index (χ0n) is 11.6. The van der Waals surface area contributed by atoms with Crippen molar-refractivity contribution in [2.24, 2.45) is 11.8 Å². The van der Waals surface area contributed by atoms with Crippen LogP contribution in [0.15, 0.2) is 42.5 Å². The number of hydrazine groups is 1. The van der Waals surface area contributed by atoms with Gasteiger partial charge in [-0.25, -0.2) is 5.84 Å². The number of hydrogen-bond donors (Lipinski definition) is 2.